The molecule has 4 nitrogen and oxygen atoms in total. The van der Waals surface area contributed by atoms with Gasteiger partial charge in [-0.15, -0.1) is 0 Å². The Morgan fingerprint density at radius 2 is 2.27 bits per heavy atom. The number of aliphatic imine (C=N–C) groups is 1. The molecule has 0 atom stereocenters. The Labute approximate surface area is 67.4 Å². The molecule has 0 saturated heterocycles. The van der Waals surface area contributed by atoms with E-state index in [0.29, 0.717) is 6.04 Å². The summed E-state index contributed by atoms with van der Waals surface area (Å²) in [7, 11) is 3.76. The van der Waals surface area contributed by atoms with E-state index in [1.807, 2.05) is 7.05 Å². The largest absolute Gasteiger partial charge is 0.342 e. The molecule has 1 aliphatic carbocycles. The van der Waals surface area contributed by atoms with Crippen LogP contribution in [-0.2, 0) is 0 Å². The maximum Gasteiger partial charge on any atom is 0.208 e. The molecular formula is C7H16N4. The topological polar surface area (TPSA) is 53.6 Å². The highest BCUT2D eigenvalue weighted by Gasteiger charge is 2.23. The molecule has 1 rings (SSSR count). The van der Waals surface area contributed by atoms with Crippen molar-refractivity contribution in [3.8, 4) is 0 Å². The molecule has 1 aliphatic rings. The minimum atomic E-state index is 0.643. The highest BCUT2D eigenvalue weighted by molar-refractivity contribution is 5.79. The van der Waals surface area contributed by atoms with Crippen molar-refractivity contribution in [1.29, 1.82) is 0 Å². The van der Waals surface area contributed by atoms with Crippen LogP contribution in [0.25, 0.3) is 0 Å². The van der Waals surface area contributed by atoms with Gasteiger partial charge in [-0.1, -0.05) is 0 Å². The number of nitrogens with two attached hydrogens (primary N) is 1. The fraction of sp³-hybridized carbons (Fsp3) is 0.857. The monoisotopic (exact) mass is 156 g/mol. The molecule has 11 heavy (non-hydrogen) atoms. The van der Waals surface area contributed by atoms with Crippen LogP contribution in [0.5, 0.6) is 0 Å². The molecule has 64 valence electrons. The van der Waals surface area contributed by atoms with Gasteiger partial charge < -0.3 is 4.90 Å². The van der Waals surface area contributed by atoms with Gasteiger partial charge in [-0.05, 0) is 19.3 Å². The van der Waals surface area contributed by atoms with E-state index in [4.69, 9.17) is 5.84 Å². The summed E-state index contributed by atoms with van der Waals surface area (Å²) in [5.74, 6) is 6.05. The first-order chi connectivity index (χ1) is 5.29. The Morgan fingerprint density at radius 1 is 1.64 bits per heavy atom. The fourth-order valence-electron chi connectivity index (χ4n) is 1.27. The third-order valence-corrected chi connectivity index (χ3v) is 2.30. The molecule has 0 aromatic carbocycles. The lowest BCUT2D eigenvalue weighted by molar-refractivity contribution is 0.235. The van der Waals surface area contributed by atoms with Crippen LogP contribution in [0.1, 0.15) is 19.3 Å². The van der Waals surface area contributed by atoms with Gasteiger partial charge in [0, 0.05) is 20.1 Å². The lowest BCUT2D eigenvalue weighted by Gasteiger charge is -2.36. The van der Waals surface area contributed by atoms with E-state index in [1.54, 1.807) is 7.05 Å². The summed E-state index contributed by atoms with van der Waals surface area (Å²) < 4.78 is 0. The van der Waals surface area contributed by atoms with E-state index in [1.165, 1.54) is 19.3 Å². The molecular weight excluding hydrogens is 140 g/mol. The van der Waals surface area contributed by atoms with Gasteiger partial charge in [-0.25, -0.2) is 5.84 Å². The van der Waals surface area contributed by atoms with E-state index in [0.717, 1.165) is 5.96 Å². The van der Waals surface area contributed by atoms with Gasteiger partial charge >= 0.3 is 0 Å². The Morgan fingerprint density at radius 3 is 2.55 bits per heavy atom. The van der Waals surface area contributed by atoms with E-state index in [2.05, 4.69) is 15.3 Å². The Kier molecular flexibility index (Phi) is 2.70. The van der Waals surface area contributed by atoms with Crippen LogP contribution in [0.4, 0.5) is 0 Å². The second-order valence-corrected chi connectivity index (χ2v) is 2.89. The van der Waals surface area contributed by atoms with Crippen LogP contribution in [0, 0.1) is 0 Å². The molecule has 3 N–H and O–H groups in total. The van der Waals surface area contributed by atoms with E-state index < -0.39 is 0 Å². The molecule has 0 spiro atoms. The summed E-state index contributed by atoms with van der Waals surface area (Å²) in [5, 5.41) is 0. The molecule has 0 radical (unpaired) electrons. The Bertz CT molecular complexity index is 151. The van der Waals surface area contributed by atoms with Crippen molar-refractivity contribution < 1.29 is 0 Å². The lowest BCUT2D eigenvalue weighted by Crippen LogP contribution is -2.49. The first kappa shape index (κ1) is 8.33. The van der Waals surface area contributed by atoms with Gasteiger partial charge in [0.2, 0.25) is 5.96 Å². The van der Waals surface area contributed by atoms with Gasteiger partial charge in [0.05, 0.1) is 0 Å². The first-order valence-electron chi connectivity index (χ1n) is 3.96. The molecule has 0 aliphatic heterocycles. The summed E-state index contributed by atoms with van der Waals surface area (Å²) in [6.07, 6.45) is 3.85. The van der Waals surface area contributed by atoms with Crippen LogP contribution in [0.15, 0.2) is 4.99 Å². The normalized spacial score (nSPS) is 19.4. The zero-order valence-corrected chi connectivity index (χ0v) is 7.17. The van der Waals surface area contributed by atoms with Crippen LogP contribution in [0.3, 0.4) is 0 Å². The van der Waals surface area contributed by atoms with Crippen molar-refractivity contribution in [1.82, 2.24) is 10.3 Å². The van der Waals surface area contributed by atoms with Crippen LogP contribution in [0.2, 0.25) is 0 Å². The number of guanidine groups is 1. The predicted molar refractivity (Wildman–Crippen MR) is 46.1 cm³/mol. The summed E-state index contributed by atoms with van der Waals surface area (Å²) in [4.78, 5) is 6.12. The maximum absolute atomic E-state index is 5.28. The second-order valence-electron chi connectivity index (χ2n) is 2.89. The van der Waals surface area contributed by atoms with Gasteiger partial charge in [0.25, 0.3) is 0 Å². The predicted octanol–water partition coefficient (Wildman–Crippen LogP) is -0.0802. The Balaban J connectivity index is 2.43. The molecule has 1 saturated carbocycles. The minimum Gasteiger partial charge on any atom is -0.342 e. The van der Waals surface area contributed by atoms with Gasteiger partial charge in [0.1, 0.15) is 0 Å². The van der Waals surface area contributed by atoms with Crippen molar-refractivity contribution in [2.75, 3.05) is 14.1 Å². The van der Waals surface area contributed by atoms with Crippen molar-refractivity contribution in [3.63, 3.8) is 0 Å². The molecule has 0 unspecified atom stereocenters. The summed E-state index contributed by atoms with van der Waals surface area (Å²) in [5.41, 5.74) is 2.58. The number of nitrogens with one attached hydrogen (secondary N) is 1. The third kappa shape index (κ3) is 1.63. The smallest absolute Gasteiger partial charge is 0.208 e. The molecule has 0 amide bonds. The van der Waals surface area contributed by atoms with Crippen molar-refractivity contribution >= 4 is 5.96 Å². The maximum atomic E-state index is 5.28. The number of hydrogen-bond donors (Lipinski definition) is 2. The fourth-order valence-corrected chi connectivity index (χ4v) is 1.27. The van der Waals surface area contributed by atoms with E-state index in [9.17, 15) is 0 Å². The van der Waals surface area contributed by atoms with Gasteiger partial charge in [-0.2, -0.15) is 0 Å². The van der Waals surface area contributed by atoms with Gasteiger partial charge in [0.15, 0.2) is 0 Å². The summed E-state index contributed by atoms with van der Waals surface area (Å²) in [6.45, 7) is 0. The number of hydrogen-bond acceptors (Lipinski definition) is 2. The third-order valence-electron chi connectivity index (χ3n) is 2.30. The summed E-state index contributed by atoms with van der Waals surface area (Å²) >= 11 is 0. The molecule has 1 fully saturated rings. The van der Waals surface area contributed by atoms with Crippen LogP contribution < -0.4 is 11.3 Å². The van der Waals surface area contributed by atoms with Crippen molar-refractivity contribution in [2.45, 2.75) is 25.3 Å². The zero-order chi connectivity index (χ0) is 8.27. The van der Waals surface area contributed by atoms with Crippen molar-refractivity contribution in [2.24, 2.45) is 10.8 Å². The van der Waals surface area contributed by atoms with E-state index >= 15 is 0 Å². The molecule has 0 aromatic rings. The SMILES string of the molecule is CN=C(NN)N(C)C1CCC1. The average Bonchev–Trinajstić information content (AvgIpc) is 1.86. The Hall–Kier alpha value is -0.770. The lowest BCUT2D eigenvalue weighted by atomic mass is 9.92. The number of nitrogens with zero attached hydrogens (tertiary/aromatic N) is 2. The molecule has 0 heterocycles. The average molecular weight is 156 g/mol. The second kappa shape index (κ2) is 3.57. The van der Waals surface area contributed by atoms with E-state index in [-0.39, 0.29) is 0 Å². The zero-order valence-electron chi connectivity index (χ0n) is 7.17. The quantitative estimate of drug-likeness (QED) is 0.242. The van der Waals surface area contributed by atoms with Crippen LogP contribution >= 0.6 is 0 Å². The van der Waals surface area contributed by atoms with Crippen LogP contribution in [-0.4, -0.2) is 31.0 Å². The molecule has 0 bridgehead atoms. The minimum absolute atomic E-state index is 0.643. The molecule has 0 aromatic heterocycles. The first-order valence-corrected chi connectivity index (χ1v) is 3.96. The molecule has 4 heteroatoms. The highest BCUT2D eigenvalue weighted by Crippen LogP contribution is 2.23. The number of rotatable bonds is 1. The summed E-state index contributed by atoms with van der Waals surface area (Å²) in [6, 6.07) is 0.643. The van der Waals surface area contributed by atoms with Crippen molar-refractivity contribution in [3.05, 3.63) is 0 Å². The number of hydrazine groups is 1. The highest BCUT2D eigenvalue weighted by atomic mass is 15.4. The van der Waals surface area contributed by atoms with Gasteiger partial charge in [-0.3, -0.25) is 10.4 Å². The standard InChI is InChI=1S/C7H16N4/c1-9-7(10-8)11(2)6-4-3-5-6/h6H,3-5,8H2,1-2H3,(H,9,10).